The fraction of sp³-hybridized carbons (Fsp3) is 0.250. The topological polar surface area (TPSA) is 111 Å². The van der Waals surface area contributed by atoms with E-state index in [-0.39, 0.29) is 12.3 Å². The number of anilines is 1. The first-order chi connectivity index (χ1) is 13.4. The number of carbonyl (C=O) groups excluding carboxylic acids is 1. The van der Waals surface area contributed by atoms with Crippen LogP contribution in [0.3, 0.4) is 0 Å². The van der Waals surface area contributed by atoms with Gasteiger partial charge in [0.05, 0.1) is 25.3 Å². The molecule has 3 N–H and O–H groups in total. The highest BCUT2D eigenvalue weighted by atomic mass is 35.5. The molecule has 0 aliphatic carbocycles. The average Bonchev–Trinajstić information content (AvgIpc) is 2.64. The van der Waals surface area contributed by atoms with Crippen molar-refractivity contribution in [2.45, 2.75) is 20.3 Å². The predicted octanol–water partition coefficient (Wildman–Crippen LogP) is 4.43. The first-order valence-electron chi connectivity index (χ1n) is 8.56. The van der Waals surface area contributed by atoms with Crippen molar-refractivity contribution >= 4 is 35.1 Å². The zero-order valence-electron chi connectivity index (χ0n) is 15.7. The second-order valence-corrected chi connectivity index (χ2v) is 5.72. The molecule has 28 heavy (non-hydrogen) atoms. The fourth-order valence-corrected chi connectivity index (χ4v) is 2.27. The van der Waals surface area contributed by atoms with Crippen molar-refractivity contribution in [2.24, 2.45) is 4.99 Å². The minimum atomic E-state index is -1.10. The molecule has 0 atom stereocenters. The molecular formula is C20H23ClN2O5. The van der Waals surface area contributed by atoms with Crippen molar-refractivity contribution in [3.8, 4) is 5.75 Å². The van der Waals surface area contributed by atoms with Crippen LogP contribution in [0.1, 0.15) is 25.8 Å². The van der Waals surface area contributed by atoms with Crippen LogP contribution in [0.5, 0.6) is 5.75 Å². The minimum Gasteiger partial charge on any atom is -0.494 e. The highest BCUT2D eigenvalue weighted by molar-refractivity contribution is 6.35. The van der Waals surface area contributed by atoms with Gasteiger partial charge in [0, 0.05) is 16.3 Å². The smallest absolute Gasteiger partial charge is 0.433 e. The number of rotatable bonds is 6. The summed E-state index contributed by atoms with van der Waals surface area (Å²) in [5.74, 6) is -0.227. The van der Waals surface area contributed by atoms with E-state index in [1.165, 1.54) is 0 Å². The number of ether oxygens (including phenoxy) is 2. The van der Waals surface area contributed by atoms with E-state index in [1.807, 2.05) is 31.2 Å². The summed E-state index contributed by atoms with van der Waals surface area (Å²) in [4.78, 5) is 25.7. The maximum atomic E-state index is 11.3. The van der Waals surface area contributed by atoms with Crippen molar-refractivity contribution in [1.29, 1.82) is 0 Å². The van der Waals surface area contributed by atoms with Gasteiger partial charge in [0.2, 0.25) is 0 Å². The van der Waals surface area contributed by atoms with Gasteiger partial charge in [0.1, 0.15) is 5.75 Å². The third-order valence-electron chi connectivity index (χ3n) is 3.19. The van der Waals surface area contributed by atoms with Gasteiger partial charge in [-0.05, 0) is 44.2 Å². The van der Waals surface area contributed by atoms with Crippen molar-refractivity contribution < 1.29 is 24.2 Å². The second-order valence-electron chi connectivity index (χ2n) is 5.31. The Labute approximate surface area is 168 Å². The number of hydrogen-bond acceptors (Lipinski definition) is 5. The third-order valence-corrected chi connectivity index (χ3v) is 3.52. The molecule has 7 nitrogen and oxygen atoms in total. The van der Waals surface area contributed by atoms with Crippen molar-refractivity contribution in [3.05, 3.63) is 59.1 Å². The van der Waals surface area contributed by atoms with E-state index in [9.17, 15) is 9.59 Å². The van der Waals surface area contributed by atoms with Gasteiger partial charge < -0.3 is 20.3 Å². The van der Waals surface area contributed by atoms with Gasteiger partial charge in [-0.1, -0.05) is 29.8 Å². The Bertz CT molecular complexity index is 806. The van der Waals surface area contributed by atoms with Crippen LogP contribution >= 0.6 is 11.6 Å². The number of nitrogens with two attached hydrogens (primary N) is 1. The van der Waals surface area contributed by atoms with Crippen LogP contribution in [-0.4, -0.2) is 36.1 Å². The summed E-state index contributed by atoms with van der Waals surface area (Å²) < 4.78 is 9.86. The molecule has 1 amide bonds. The highest BCUT2D eigenvalue weighted by Gasteiger charge is 2.14. The molecule has 0 fully saturated rings. The van der Waals surface area contributed by atoms with Crippen LogP contribution in [0.2, 0.25) is 5.02 Å². The van der Waals surface area contributed by atoms with Crippen LogP contribution < -0.4 is 10.5 Å². The minimum absolute atomic E-state index is 0.0755. The zero-order valence-corrected chi connectivity index (χ0v) is 16.5. The first kappa shape index (κ1) is 23.0. The summed E-state index contributed by atoms with van der Waals surface area (Å²) in [5.41, 5.74) is 6.72. The van der Waals surface area contributed by atoms with Gasteiger partial charge in [-0.3, -0.25) is 4.79 Å². The number of carbonyl (C=O) groups is 2. The van der Waals surface area contributed by atoms with Crippen molar-refractivity contribution in [2.75, 3.05) is 18.9 Å². The maximum Gasteiger partial charge on any atom is 0.433 e. The van der Waals surface area contributed by atoms with Crippen LogP contribution in [0, 0.1) is 0 Å². The van der Waals surface area contributed by atoms with Gasteiger partial charge >= 0.3 is 12.1 Å². The monoisotopic (exact) mass is 406 g/mol. The molecule has 0 unspecified atom stereocenters. The van der Waals surface area contributed by atoms with Crippen LogP contribution in [-0.2, 0) is 9.53 Å². The number of halogens is 1. The van der Waals surface area contributed by atoms with E-state index in [0.29, 0.717) is 17.2 Å². The predicted molar refractivity (Wildman–Crippen MR) is 109 cm³/mol. The molecule has 0 saturated carbocycles. The van der Waals surface area contributed by atoms with Crippen LogP contribution in [0.15, 0.2) is 53.5 Å². The standard InChI is InChI=1S/C12H12ClNO4.C8H11NO/c1-2-18-12(17)14-10(7-11(15)16)8-5-3-4-6-9(8)13;1-2-10-8-5-3-7(9)4-6-8/h3-6H,2,7H2,1H3,(H,15,16);3-6H,2,9H2,1H3. The Morgan fingerprint density at radius 2 is 1.71 bits per heavy atom. The van der Waals surface area contributed by atoms with Crippen LogP contribution in [0.4, 0.5) is 10.5 Å². The molecule has 0 radical (unpaired) electrons. The Kier molecular flexibility index (Phi) is 10.1. The van der Waals surface area contributed by atoms with E-state index < -0.39 is 18.5 Å². The molecule has 2 aromatic carbocycles. The molecule has 0 spiro atoms. The summed E-state index contributed by atoms with van der Waals surface area (Å²) >= 11 is 5.94. The number of carboxylic acids is 1. The second kappa shape index (κ2) is 12.3. The van der Waals surface area contributed by atoms with E-state index in [1.54, 1.807) is 31.2 Å². The lowest BCUT2D eigenvalue weighted by Gasteiger charge is -2.06. The normalized spacial score (nSPS) is 10.5. The summed E-state index contributed by atoms with van der Waals surface area (Å²) in [5, 5.41) is 9.14. The molecular weight excluding hydrogens is 384 g/mol. The molecule has 0 aliphatic heterocycles. The molecule has 2 rings (SSSR count). The molecule has 0 aliphatic rings. The number of aliphatic imine (C=N–C) groups is 1. The number of carboxylic acid groups (broad SMARTS) is 1. The maximum absolute atomic E-state index is 11.3. The Morgan fingerprint density at radius 3 is 2.25 bits per heavy atom. The Hall–Kier alpha value is -3.06. The summed E-state index contributed by atoms with van der Waals surface area (Å²) in [6, 6.07) is 14.0. The lowest BCUT2D eigenvalue weighted by atomic mass is 10.1. The van der Waals surface area contributed by atoms with Gasteiger partial charge in [-0.15, -0.1) is 0 Å². The number of aliphatic carboxylic acids is 1. The molecule has 150 valence electrons. The van der Waals surface area contributed by atoms with Gasteiger partial charge in [0.15, 0.2) is 0 Å². The highest BCUT2D eigenvalue weighted by Crippen LogP contribution is 2.18. The fourth-order valence-electron chi connectivity index (χ4n) is 2.03. The summed E-state index contributed by atoms with van der Waals surface area (Å²) in [6.07, 6.45) is -1.23. The van der Waals surface area contributed by atoms with E-state index in [0.717, 1.165) is 11.4 Å². The average molecular weight is 407 g/mol. The number of benzene rings is 2. The Balaban J connectivity index is 0.000000330. The van der Waals surface area contributed by atoms with E-state index in [4.69, 9.17) is 27.2 Å². The van der Waals surface area contributed by atoms with Crippen LogP contribution in [0.25, 0.3) is 0 Å². The third kappa shape index (κ3) is 8.55. The van der Waals surface area contributed by atoms with E-state index in [2.05, 4.69) is 9.73 Å². The molecule has 0 saturated heterocycles. The van der Waals surface area contributed by atoms with Gasteiger partial charge in [-0.2, -0.15) is 4.99 Å². The summed E-state index contributed by atoms with van der Waals surface area (Å²) in [6.45, 7) is 4.46. The Morgan fingerprint density at radius 1 is 1.07 bits per heavy atom. The van der Waals surface area contributed by atoms with Crippen molar-refractivity contribution in [3.63, 3.8) is 0 Å². The molecule has 0 aromatic heterocycles. The zero-order chi connectivity index (χ0) is 20.9. The lowest BCUT2D eigenvalue weighted by Crippen LogP contribution is -2.12. The van der Waals surface area contributed by atoms with Gasteiger partial charge in [0.25, 0.3) is 0 Å². The molecule has 2 aromatic rings. The number of amides is 1. The first-order valence-corrected chi connectivity index (χ1v) is 8.94. The number of nitrogens with zero attached hydrogens (tertiary/aromatic N) is 1. The SMILES string of the molecule is CCOC(=O)N=C(CC(=O)O)c1ccccc1Cl.CCOc1ccc(N)cc1. The quantitative estimate of drug-likeness (QED) is 0.542. The van der Waals surface area contributed by atoms with Gasteiger partial charge in [-0.25, -0.2) is 4.79 Å². The number of nitrogen functional groups attached to an aromatic ring is 1. The lowest BCUT2D eigenvalue weighted by molar-refractivity contribution is -0.135. The molecule has 0 bridgehead atoms. The summed E-state index contributed by atoms with van der Waals surface area (Å²) in [7, 11) is 0. The molecule has 0 heterocycles. The van der Waals surface area contributed by atoms with E-state index >= 15 is 0 Å². The largest absolute Gasteiger partial charge is 0.494 e. The molecule has 8 heteroatoms. The van der Waals surface area contributed by atoms with Crippen molar-refractivity contribution in [1.82, 2.24) is 0 Å². The number of hydrogen-bond donors (Lipinski definition) is 2.